The predicted molar refractivity (Wildman–Crippen MR) is 73.1 cm³/mol. The monoisotopic (exact) mass is 260 g/mol. The lowest BCUT2D eigenvalue weighted by Gasteiger charge is -2.08. The van der Waals surface area contributed by atoms with Gasteiger partial charge in [0.25, 0.3) is 5.91 Å². The lowest BCUT2D eigenvalue weighted by Crippen LogP contribution is -2.12. The van der Waals surface area contributed by atoms with Crippen LogP contribution in [0.25, 0.3) is 0 Å². The number of amides is 1. The number of hydrogen-bond donors (Lipinski definition) is 1. The minimum Gasteiger partial charge on any atom is -0.319 e. The van der Waals surface area contributed by atoms with Gasteiger partial charge in [0, 0.05) is 11.8 Å². The molecule has 1 aromatic heterocycles. The van der Waals surface area contributed by atoms with E-state index < -0.39 is 0 Å². The minimum absolute atomic E-state index is 0.187. The molecule has 18 heavy (non-hydrogen) atoms. The van der Waals surface area contributed by atoms with Crippen LogP contribution in [-0.2, 0) is 0 Å². The fourth-order valence-corrected chi connectivity index (χ4v) is 1.70. The highest BCUT2D eigenvalue weighted by molar-refractivity contribution is 6.33. The van der Waals surface area contributed by atoms with E-state index in [-0.39, 0.29) is 5.91 Å². The average Bonchev–Trinajstić information content (AvgIpc) is 2.35. The first-order valence-electron chi connectivity index (χ1n) is 5.56. The third-order valence-corrected chi connectivity index (χ3v) is 3.11. The number of aromatic nitrogens is 1. The zero-order chi connectivity index (χ0) is 13.1. The van der Waals surface area contributed by atoms with Crippen molar-refractivity contribution in [2.45, 2.75) is 13.8 Å². The first kappa shape index (κ1) is 12.6. The number of anilines is 1. The molecule has 1 amide bonds. The van der Waals surface area contributed by atoms with Crippen LogP contribution in [0.1, 0.15) is 21.5 Å². The Balaban J connectivity index is 2.22. The Kier molecular flexibility index (Phi) is 3.63. The quantitative estimate of drug-likeness (QED) is 0.896. The Morgan fingerprint density at radius 2 is 2.00 bits per heavy atom. The maximum absolute atomic E-state index is 12.0. The molecule has 0 aliphatic carbocycles. The average molecular weight is 261 g/mol. The molecule has 2 aromatic rings. The molecule has 2 rings (SSSR count). The Labute approximate surface area is 111 Å². The van der Waals surface area contributed by atoms with Crippen molar-refractivity contribution in [3.63, 3.8) is 0 Å². The van der Waals surface area contributed by atoms with E-state index in [0.29, 0.717) is 16.3 Å². The normalized spacial score (nSPS) is 10.2. The van der Waals surface area contributed by atoms with Crippen LogP contribution in [0, 0.1) is 13.8 Å². The van der Waals surface area contributed by atoms with Crippen molar-refractivity contribution in [2.75, 3.05) is 5.32 Å². The molecule has 1 N–H and O–H groups in total. The van der Waals surface area contributed by atoms with Gasteiger partial charge in [-0.3, -0.25) is 9.78 Å². The van der Waals surface area contributed by atoms with E-state index in [1.807, 2.05) is 26.0 Å². The molecular formula is C14H13ClN2O. The van der Waals surface area contributed by atoms with Crippen LogP contribution >= 0.6 is 11.6 Å². The van der Waals surface area contributed by atoms with Crippen molar-refractivity contribution in [2.24, 2.45) is 0 Å². The van der Waals surface area contributed by atoms with Crippen LogP contribution in [0.15, 0.2) is 36.7 Å². The van der Waals surface area contributed by atoms with Gasteiger partial charge in [0.05, 0.1) is 16.9 Å². The van der Waals surface area contributed by atoms with Crippen molar-refractivity contribution < 1.29 is 4.79 Å². The second-order valence-electron chi connectivity index (χ2n) is 4.11. The summed E-state index contributed by atoms with van der Waals surface area (Å²) < 4.78 is 0. The van der Waals surface area contributed by atoms with Gasteiger partial charge in [-0.05, 0) is 43.2 Å². The second kappa shape index (κ2) is 5.19. The first-order valence-corrected chi connectivity index (χ1v) is 5.94. The Morgan fingerprint density at radius 1 is 1.22 bits per heavy atom. The molecule has 0 unspecified atom stereocenters. The summed E-state index contributed by atoms with van der Waals surface area (Å²) in [5.74, 6) is -0.187. The summed E-state index contributed by atoms with van der Waals surface area (Å²) in [6.07, 6.45) is 3.11. The standard InChI is InChI=1S/C14H13ClN2O/c1-9-3-4-11(7-10(9)2)14(18)17-13-8-16-6-5-12(13)15/h3-8H,1-2H3,(H,17,18). The molecule has 0 radical (unpaired) electrons. The van der Waals surface area contributed by atoms with Gasteiger partial charge in [-0.25, -0.2) is 0 Å². The highest BCUT2D eigenvalue weighted by Gasteiger charge is 2.09. The van der Waals surface area contributed by atoms with Gasteiger partial charge >= 0.3 is 0 Å². The third-order valence-electron chi connectivity index (χ3n) is 2.79. The first-order chi connectivity index (χ1) is 8.58. The van der Waals surface area contributed by atoms with Crippen molar-refractivity contribution in [3.05, 3.63) is 58.4 Å². The van der Waals surface area contributed by atoms with Gasteiger partial charge in [0.1, 0.15) is 0 Å². The summed E-state index contributed by atoms with van der Waals surface area (Å²) >= 11 is 5.96. The van der Waals surface area contributed by atoms with Crippen molar-refractivity contribution in [1.82, 2.24) is 4.98 Å². The highest BCUT2D eigenvalue weighted by Crippen LogP contribution is 2.20. The van der Waals surface area contributed by atoms with Crippen LogP contribution in [0.2, 0.25) is 5.02 Å². The molecule has 0 aliphatic rings. The summed E-state index contributed by atoms with van der Waals surface area (Å²) in [6, 6.07) is 7.21. The SMILES string of the molecule is Cc1ccc(C(=O)Nc2cnccc2Cl)cc1C. The van der Waals surface area contributed by atoms with E-state index in [2.05, 4.69) is 10.3 Å². The van der Waals surface area contributed by atoms with Crippen molar-refractivity contribution in [1.29, 1.82) is 0 Å². The molecule has 0 aliphatic heterocycles. The molecule has 3 nitrogen and oxygen atoms in total. The van der Waals surface area contributed by atoms with Gasteiger partial charge in [-0.15, -0.1) is 0 Å². The summed E-state index contributed by atoms with van der Waals surface area (Å²) in [5.41, 5.74) is 3.37. The summed E-state index contributed by atoms with van der Waals surface area (Å²) in [7, 11) is 0. The summed E-state index contributed by atoms with van der Waals surface area (Å²) in [5, 5.41) is 3.21. The number of rotatable bonds is 2. The zero-order valence-corrected chi connectivity index (χ0v) is 11.0. The molecule has 0 saturated carbocycles. The number of nitrogens with zero attached hydrogens (tertiary/aromatic N) is 1. The Morgan fingerprint density at radius 3 is 2.67 bits per heavy atom. The topological polar surface area (TPSA) is 42.0 Å². The van der Waals surface area contributed by atoms with Crippen molar-refractivity contribution >= 4 is 23.2 Å². The van der Waals surface area contributed by atoms with Gasteiger partial charge in [-0.2, -0.15) is 0 Å². The largest absolute Gasteiger partial charge is 0.319 e. The molecule has 4 heteroatoms. The highest BCUT2D eigenvalue weighted by atomic mass is 35.5. The zero-order valence-electron chi connectivity index (χ0n) is 10.2. The number of carbonyl (C=O) groups is 1. The van der Waals surface area contributed by atoms with Gasteiger partial charge in [0.15, 0.2) is 0 Å². The number of benzene rings is 1. The molecule has 92 valence electrons. The van der Waals surface area contributed by atoms with Crippen LogP contribution < -0.4 is 5.32 Å². The summed E-state index contributed by atoms with van der Waals surface area (Å²) in [4.78, 5) is 16.0. The molecule has 0 saturated heterocycles. The number of hydrogen-bond acceptors (Lipinski definition) is 2. The lowest BCUT2D eigenvalue weighted by atomic mass is 10.1. The molecule has 0 atom stereocenters. The predicted octanol–water partition coefficient (Wildman–Crippen LogP) is 3.60. The number of pyridine rings is 1. The number of nitrogens with one attached hydrogen (secondary N) is 1. The van der Waals surface area contributed by atoms with Gasteiger partial charge in [-0.1, -0.05) is 17.7 Å². The smallest absolute Gasteiger partial charge is 0.255 e. The van der Waals surface area contributed by atoms with Crippen LogP contribution in [0.4, 0.5) is 5.69 Å². The number of carbonyl (C=O) groups excluding carboxylic acids is 1. The molecule has 1 aromatic carbocycles. The molecule has 0 fully saturated rings. The van der Waals surface area contributed by atoms with Gasteiger partial charge < -0.3 is 5.32 Å². The number of halogens is 1. The molecule has 0 spiro atoms. The molecular weight excluding hydrogens is 248 g/mol. The lowest BCUT2D eigenvalue weighted by molar-refractivity contribution is 0.102. The maximum Gasteiger partial charge on any atom is 0.255 e. The third kappa shape index (κ3) is 2.68. The van der Waals surface area contributed by atoms with E-state index in [4.69, 9.17) is 11.6 Å². The molecule has 1 heterocycles. The Hall–Kier alpha value is -1.87. The minimum atomic E-state index is -0.187. The number of aryl methyl sites for hydroxylation is 2. The maximum atomic E-state index is 12.0. The van der Waals surface area contributed by atoms with Crippen LogP contribution in [0.3, 0.4) is 0 Å². The molecule has 0 bridgehead atoms. The second-order valence-corrected chi connectivity index (χ2v) is 4.52. The fraction of sp³-hybridized carbons (Fsp3) is 0.143. The summed E-state index contributed by atoms with van der Waals surface area (Å²) in [6.45, 7) is 3.98. The van der Waals surface area contributed by atoms with E-state index in [0.717, 1.165) is 11.1 Å². The van der Waals surface area contributed by atoms with Crippen molar-refractivity contribution in [3.8, 4) is 0 Å². The van der Waals surface area contributed by atoms with E-state index in [1.54, 1.807) is 18.3 Å². The van der Waals surface area contributed by atoms with Crippen LogP contribution in [0.5, 0.6) is 0 Å². The van der Waals surface area contributed by atoms with E-state index >= 15 is 0 Å². The van der Waals surface area contributed by atoms with Gasteiger partial charge in [0.2, 0.25) is 0 Å². The Bertz CT molecular complexity index is 596. The van der Waals surface area contributed by atoms with Crippen LogP contribution in [-0.4, -0.2) is 10.9 Å². The fourth-order valence-electron chi connectivity index (χ4n) is 1.55. The van der Waals surface area contributed by atoms with E-state index in [9.17, 15) is 4.79 Å². The van der Waals surface area contributed by atoms with E-state index in [1.165, 1.54) is 6.20 Å².